The van der Waals surface area contributed by atoms with E-state index in [2.05, 4.69) is 6.07 Å². The van der Waals surface area contributed by atoms with Crippen molar-refractivity contribution in [1.82, 2.24) is 0 Å². The van der Waals surface area contributed by atoms with Crippen LogP contribution in [0.1, 0.15) is 25.0 Å². The fraction of sp³-hybridized carbons (Fsp3) is 0.273. The molecule has 0 heterocycles. The van der Waals surface area contributed by atoms with Crippen LogP contribution in [0.25, 0.3) is 0 Å². The first-order valence-electron chi connectivity index (χ1n) is 4.08. The van der Waals surface area contributed by atoms with Gasteiger partial charge in [-0.15, -0.1) is 0 Å². The van der Waals surface area contributed by atoms with Crippen LogP contribution in [0.2, 0.25) is 0 Å². The molecule has 2 nitrogen and oxygen atoms in total. The summed E-state index contributed by atoms with van der Waals surface area (Å²) in [5.74, 6) is 1.82. The molecule has 67 valence electrons. The molecule has 0 aliphatic carbocycles. The first-order valence-corrected chi connectivity index (χ1v) is 4.08. The number of methoxy groups -OCH3 is 1. The van der Waals surface area contributed by atoms with E-state index in [0.29, 0.717) is 11.3 Å². The van der Waals surface area contributed by atoms with Crippen LogP contribution in [0.5, 0.6) is 5.75 Å². The number of hydrogen-bond acceptors (Lipinski definition) is 2. The van der Waals surface area contributed by atoms with Crippen molar-refractivity contribution >= 4 is 0 Å². The fourth-order valence-electron chi connectivity index (χ4n) is 1.24. The van der Waals surface area contributed by atoms with Gasteiger partial charge in [0.1, 0.15) is 11.8 Å². The Balaban J connectivity index is 3.29. The van der Waals surface area contributed by atoms with Crippen molar-refractivity contribution in [3.8, 4) is 11.8 Å². The molecule has 1 radical (unpaired) electrons. The second-order valence-corrected chi connectivity index (χ2v) is 3.00. The second kappa shape index (κ2) is 3.95. The molecule has 0 atom stereocenters. The van der Waals surface area contributed by atoms with E-state index in [1.54, 1.807) is 13.2 Å². The summed E-state index contributed by atoms with van der Waals surface area (Å²) in [5, 5.41) is 8.82. The third-order valence-electron chi connectivity index (χ3n) is 1.88. The molecule has 1 rings (SSSR count). The monoisotopic (exact) mass is 174 g/mol. The molecule has 13 heavy (non-hydrogen) atoms. The molecular weight excluding hydrogens is 162 g/mol. The van der Waals surface area contributed by atoms with Gasteiger partial charge in [-0.05, 0) is 6.07 Å². The Morgan fingerprint density at radius 1 is 1.38 bits per heavy atom. The van der Waals surface area contributed by atoms with Crippen molar-refractivity contribution in [2.75, 3.05) is 7.11 Å². The van der Waals surface area contributed by atoms with Gasteiger partial charge < -0.3 is 4.74 Å². The van der Waals surface area contributed by atoms with Crippen molar-refractivity contribution in [2.45, 2.75) is 13.8 Å². The molecule has 0 saturated heterocycles. The zero-order chi connectivity index (χ0) is 9.84. The summed E-state index contributed by atoms with van der Waals surface area (Å²) in [6, 6.07) is 7.68. The first kappa shape index (κ1) is 9.60. The lowest BCUT2D eigenvalue weighted by Gasteiger charge is -2.11. The van der Waals surface area contributed by atoms with Gasteiger partial charge in [0.25, 0.3) is 0 Å². The van der Waals surface area contributed by atoms with Crippen molar-refractivity contribution in [3.63, 3.8) is 0 Å². The Kier molecular flexibility index (Phi) is 2.92. The maximum Gasteiger partial charge on any atom is 0.140 e. The largest absolute Gasteiger partial charge is 0.495 e. The Morgan fingerprint density at radius 2 is 2.08 bits per heavy atom. The Hall–Kier alpha value is -1.49. The van der Waals surface area contributed by atoms with E-state index in [9.17, 15) is 0 Å². The van der Waals surface area contributed by atoms with Gasteiger partial charge >= 0.3 is 0 Å². The van der Waals surface area contributed by atoms with Crippen LogP contribution in [0, 0.1) is 17.2 Å². The summed E-state index contributed by atoms with van der Waals surface area (Å²) in [6.07, 6.45) is 0. The van der Waals surface area contributed by atoms with Gasteiger partial charge in [-0.3, -0.25) is 0 Å². The highest BCUT2D eigenvalue weighted by atomic mass is 16.5. The molecule has 0 amide bonds. The Labute approximate surface area is 78.8 Å². The molecule has 0 N–H and O–H groups in total. The van der Waals surface area contributed by atoms with E-state index >= 15 is 0 Å². The van der Waals surface area contributed by atoms with Crippen LogP contribution >= 0.6 is 0 Å². The molecule has 0 aliphatic heterocycles. The topological polar surface area (TPSA) is 33.0 Å². The van der Waals surface area contributed by atoms with E-state index in [-0.39, 0.29) is 0 Å². The van der Waals surface area contributed by atoms with Crippen LogP contribution in [-0.2, 0) is 0 Å². The van der Waals surface area contributed by atoms with Crippen LogP contribution in [0.3, 0.4) is 0 Å². The summed E-state index contributed by atoms with van der Waals surface area (Å²) >= 11 is 0. The van der Waals surface area contributed by atoms with Gasteiger partial charge in [0.15, 0.2) is 0 Å². The molecular formula is C11H12NO. The van der Waals surface area contributed by atoms with Crippen LogP contribution in [0.4, 0.5) is 0 Å². The maximum atomic E-state index is 8.82. The molecule has 2 heteroatoms. The predicted molar refractivity (Wildman–Crippen MR) is 51.4 cm³/mol. The zero-order valence-electron chi connectivity index (χ0n) is 8.09. The average Bonchev–Trinajstić information content (AvgIpc) is 2.16. The minimum atomic E-state index is 0.584. The van der Waals surface area contributed by atoms with E-state index in [1.807, 2.05) is 26.0 Å². The molecule has 1 aromatic rings. The van der Waals surface area contributed by atoms with E-state index in [0.717, 1.165) is 11.5 Å². The summed E-state index contributed by atoms with van der Waals surface area (Å²) < 4.78 is 5.19. The number of nitrogens with zero attached hydrogens (tertiary/aromatic N) is 1. The lowest BCUT2D eigenvalue weighted by Crippen LogP contribution is -1.97. The van der Waals surface area contributed by atoms with Crippen molar-refractivity contribution < 1.29 is 4.74 Å². The van der Waals surface area contributed by atoms with Gasteiger partial charge in [0, 0.05) is 11.5 Å². The molecule has 0 spiro atoms. The van der Waals surface area contributed by atoms with Crippen LogP contribution < -0.4 is 4.74 Å². The highest BCUT2D eigenvalue weighted by Crippen LogP contribution is 2.28. The number of nitriles is 1. The molecule has 0 aromatic heterocycles. The van der Waals surface area contributed by atoms with E-state index in [4.69, 9.17) is 10.00 Å². The average molecular weight is 174 g/mol. The van der Waals surface area contributed by atoms with Gasteiger partial charge in [0.2, 0.25) is 0 Å². The normalized spacial score (nSPS) is 9.77. The highest BCUT2D eigenvalue weighted by molar-refractivity contribution is 5.52. The SMILES string of the molecule is COc1c(C#N)cccc1[C](C)C. The lowest BCUT2D eigenvalue weighted by atomic mass is 9.99. The summed E-state index contributed by atoms with van der Waals surface area (Å²) in [6.45, 7) is 4.00. The zero-order valence-corrected chi connectivity index (χ0v) is 8.09. The third kappa shape index (κ3) is 1.81. The third-order valence-corrected chi connectivity index (χ3v) is 1.88. The quantitative estimate of drug-likeness (QED) is 0.690. The van der Waals surface area contributed by atoms with Gasteiger partial charge in [0.05, 0.1) is 12.7 Å². The second-order valence-electron chi connectivity index (χ2n) is 3.00. The van der Waals surface area contributed by atoms with Crippen LogP contribution in [-0.4, -0.2) is 7.11 Å². The summed E-state index contributed by atoms with van der Waals surface area (Å²) in [5.41, 5.74) is 1.59. The molecule has 0 aliphatic rings. The maximum absolute atomic E-state index is 8.82. The van der Waals surface area contributed by atoms with Crippen LogP contribution in [0.15, 0.2) is 18.2 Å². The van der Waals surface area contributed by atoms with Crippen molar-refractivity contribution in [1.29, 1.82) is 5.26 Å². The number of para-hydroxylation sites is 1. The molecule has 0 unspecified atom stereocenters. The first-order chi connectivity index (χ1) is 6.20. The van der Waals surface area contributed by atoms with Gasteiger partial charge in [-0.2, -0.15) is 5.26 Å². The smallest absolute Gasteiger partial charge is 0.140 e. The van der Waals surface area contributed by atoms with Gasteiger partial charge in [-0.1, -0.05) is 26.0 Å². The molecule has 0 fully saturated rings. The van der Waals surface area contributed by atoms with Crippen molar-refractivity contribution in [2.24, 2.45) is 0 Å². The minimum Gasteiger partial charge on any atom is -0.495 e. The lowest BCUT2D eigenvalue weighted by molar-refractivity contribution is 0.410. The van der Waals surface area contributed by atoms with E-state index < -0.39 is 0 Å². The highest BCUT2D eigenvalue weighted by Gasteiger charge is 2.10. The number of hydrogen-bond donors (Lipinski definition) is 0. The Bertz CT molecular complexity index is 336. The number of ether oxygens (including phenoxy) is 1. The standard InChI is InChI=1S/C11H12NO/c1-8(2)10-6-4-5-9(7-12)11(10)13-3/h4-6H,1-3H3. The molecule has 1 aromatic carbocycles. The predicted octanol–water partition coefficient (Wildman–Crippen LogP) is 2.53. The fourth-order valence-corrected chi connectivity index (χ4v) is 1.24. The minimum absolute atomic E-state index is 0.584. The van der Waals surface area contributed by atoms with Crippen molar-refractivity contribution in [3.05, 3.63) is 35.2 Å². The molecule has 0 saturated carbocycles. The van der Waals surface area contributed by atoms with Gasteiger partial charge in [-0.25, -0.2) is 0 Å². The summed E-state index contributed by atoms with van der Waals surface area (Å²) in [4.78, 5) is 0. The number of rotatable bonds is 2. The Morgan fingerprint density at radius 3 is 2.54 bits per heavy atom. The van der Waals surface area contributed by atoms with E-state index in [1.165, 1.54) is 0 Å². The molecule has 0 bridgehead atoms. The summed E-state index contributed by atoms with van der Waals surface area (Å²) in [7, 11) is 1.59. The number of benzene rings is 1.